The van der Waals surface area contributed by atoms with Crippen LogP contribution < -0.4 is 15.8 Å². The van der Waals surface area contributed by atoms with Crippen molar-refractivity contribution in [2.75, 3.05) is 5.32 Å². The lowest BCUT2D eigenvalue weighted by molar-refractivity contribution is -0.116. The quantitative estimate of drug-likeness (QED) is 0.866. The molecule has 2 aromatic rings. The average molecular weight is 254 g/mol. The molecule has 1 atom stereocenters. The minimum absolute atomic E-state index is 0.178. The van der Waals surface area contributed by atoms with Crippen LogP contribution in [-0.2, 0) is 4.79 Å². The molecule has 19 heavy (non-hydrogen) atoms. The highest BCUT2D eigenvalue weighted by Gasteiger charge is 2.27. The van der Waals surface area contributed by atoms with E-state index in [1.165, 1.54) is 5.56 Å². The molecular formula is C15H14N2O2. The first-order valence-electron chi connectivity index (χ1n) is 6.08. The highest BCUT2D eigenvalue weighted by molar-refractivity contribution is 6.02. The Morgan fingerprint density at radius 1 is 1.11 bits per heavy atom. The van der Waals surface area contributed by atoms with Gasteiger partial charge in [0.15, 0.2) is 0 Å². The maximum Gasteiger partial charge on any atom is 0.245 e. The summed E-state index contributed by atoms with van der Waals surface area (Å²) >= 11 is 0. The highest BCUT2D eigenvalue weighted by Crippen LogP contribution is 2.33. The number of hydrogen-bond donors (Lipinski definition) is 2. The Labute approximate surface area is 111 Å². The first-order chi connectivity index (χ1) is 9.13. The third-order valence-corrected chi connectivity index (χ3v) is 3.16. The second kappa shape index (κ2) is 4.40. The molecule has 0 aliphatic carbocycles. The zero-order chi connectivity index (χ0) is 13.4. The van der Waals surface area contributed by atoms with Gasteiger partial charge in [0.05, 0.1) is 0 Å². The Bertz CT molecular complexity index is 635. The molecule has 0 aromatic heterocycles. The molecule has 1 unspecified atom stereocenters. The van der Waals surface area contributed by atoms with Crippen LogP contribution in [-0.4, -0.2) is 5.91 Å². The number of fused-ring (bicyclic) bond motifs is 1. The van der Waals surface area contributed by atoms with Crippen molar-refractivity contribution in [1.29, 1.82) is 0 Å². The zero-order valence-electron chi connectivity index (χ0n) is 10.5. The van der Waals surface area contributed by atoms with Crippen molar-refractivity contribution >= 4 is 11.6 Å². The molecule has 1 aliphatic heterocycles. The Balaban J connectivity index is 1.86. The number of hydrogen-bond acceptors (Lipinski definition) is 3. The van der Waals surface area contributed by atoms with Crippen molar-refractivity contribution in [3.63, 3.8) is 0 Å². The number of aryl methyl sites for hydroxylation is 1. The number of nitrogens with two attached hydrogens (primary N) is 1. The molecule has 4 nitrogen and oxygen atoms in total. The van der Waals surface area contributed by atoms with Crippen molar-refractivity contribution in [3.05, 3.63) is 53.6 Å². The Kier molecular flexibility index (Phi) is 2.72. The monoisotopic (exact) mass is 254 g/mol. The van der Waals surface area contributed by atoms with E-state index in [-0.39, 0.29) is 5.91 Å². The summed E-state index contributed by atoms with van der Waals surface area (Å²) in [5.74, 6) is 1.26. The average Bonchev–Trinajstić information content (AvgIpc) is 2.68. The number of anilines is 1. The molecule has 96 valence electrons. The maximum atomic E-state index is 11.5. The number of benzene rings is 2. The standard InChI is InChI=1S/C15H14N2O2/c1-9-2-4-10(5-3-9)19-11-6-7-12-13(8-11)17-15(18)14(12)16/h2-8,14H,16H2,1H3,(H,17,18). The fourth-order valence-electron chi connectivity index (χ4n) is 2.07. The van der Waals surface area contributed by atoms with E-state index >= 15 is 0 Å². The van der Waals surface area contributed by atoms with Crippen LogP contribution in [0.4, 0.5) is 5.69 Å². The third-order valence-electron chi connectivity index (χ3n) is 3.16. The summed E-state index contributed by atoms with van der Waals surface area (Å²) in [5, 5.41) is 2.74. The van der Waals surface area contributed by atoms with Crippen molar-refractivity contribution in [2.24, 2.45) is 5.73 Å². The van der Waals surface area contributed by atoms with Crippen LogP contribution in [0.25, 0.3) is 0 Å². The van der Waals surface area contributed by atoms with Crippen LogP contribution in [0.5, 0.6) is 11.5 Å². The summed E-state index contributed by atoms with van der Waals surface area (Å²) in [4.78, 5) is 11.5. The molecule has 1 heterocycles. The summed E-state index contributed by atoms with van der Waals surface area (Å²) in [6, 6.07) is 12.6. The first-order valence-corrected chi connectivity index (χ1v) is 6.08. The van der Waals surface area contributed by atoms with Gasteiger partial charge in [0.2, 0.25) is 5.91 Å². The number of carbonyl (C=O) groups is 1. The molecular weight excluding hydrogens is 240 g/mol. The predicted octanol–water partition coefficient (Wildman–Crippen LogP) is 2.74. The molecule has 0 radical (unpaired) electrons. The summed E-state index contributed by atoms with van der Waals surface area (Å²) in [6.45, 7) is 2.02. The van der Waals surface area contributed by atoms with Gasteiger partial charge in [-0.3, -0.25) is 4.79 Å². The van der Waals surface area contributed by atoms with E-state index in [4.69, 9.17) is 10.5 Å². The zero-order valence-corrected chi connectivity index (χ0v) is 10.5. The normalized spacial score (nSPS) is 16.9. The number of amides is 1. The van der Waals surface area contributed by atoms with E-state index in [9.17, 15) is 4.79 Å². The minimum Gasteiger partial charge on any atom is -0.457 e. The smallest absolute Gasteiger partial charge is 0.245 e. The SMILES string of the molecule is Cc1ccc(Oc2ccc3c(c2)NC(=O)C3N)cc1. The van der Waals surface area contributed by atoms with Crippen LogP contribution in [0.2, 0.25) is 0 Å². The van der Waals surface area contributed by atoms with Gasteiger partial charge in [-0.25, -0.2) is 0 Å². The fourth-order valence-corrected chi connectivity index (χ4v) is 2.07. The lowest BCUT2D eigenvalue weighted by Gasteiger charge is -2.08. The van der Waals surface area contributed by atoms with Gasteiger partial charge in [-0.15, -0.1) is 0 Å². The molecule has 1 amide bonds. The molecule has 0 saturated carbocycles. The number of rotatable bonds is 2. The summed E-state index contributed by atoms with van der Waals surface area (Å²) in [7, 11) is 0. The van der Waals surface area contributed by atoms with Crippen molar-refractivity contribution in [2.45, 2.75) is 13.0 Å². The molecule has 3 N–H and O–H groups in total. The van der Waals surface area contributed by atoms with E-state index in [0.717, 1.165) is 17.0 Å². The van der Waals surface area contributed by atoms with Crippen molar-refractivity contribution in [3.8, 4) is 11.5 Å². The molecule has 0 fully saturated rings. The second-order valence-corrected chi connectivity index (χ2v) is 4.63. The molecule has 0 bridgehead atoms. The van der Waals surface area contributed by atoms with Gasteiger partial charge in [-0.1, -0.05) is 23.8 Å². The fraction of sp³-hybridized carbons (Fsp3) is 0.133. The molecule has 1 aliphatic rings. The Morgan fingerprint density at radius 3 is 2.53 bits per heavy atom. The van der Waals surface area contributed by atoms with E-state index < -0.39 is 6.04 Å². The second-order valence-electron chi connectivity index (χ2n) is 4.63. The lowest BCUT2D eigenvalue weighted by Crippen LogP contribution is -2.19. The van der Waals surface area contributed by atoms with E-state index in [1.54, 1.807) is 6.07 Å². The Morgan fingerprint density at radius 2 is 1.79 bits per heavy atom. The number of ether oxygens (including phenoxy) is 1. The summed E-state index contributed by atoms with van der Waals surface area (Å²) in [5.41, 5.74) is 8.47. The van der Waals surface area contributed by atoms with Gasteiger partial charge in [0, 0.05) is 17.3 Å². The van der Waals surface area contributed by atoms with Crippen LogP contribution in [0.15, 0.2) is 42.5 Å². The van der Waals surface area contributed by atoms with Crippen LogP contribution >= 0.6 is 0 Å². The highest BCUT2D eigenvalue weighted by atomic mass is 16.5. The van der Waals surface area contributed by atoms with Gasteiger partial charge < -0.3 is 15.8 Å². The maximum absolute atomic E-state index is 11.5. The number of nitrogens with one attached hydrogen (secondary N) is 1. The largest absolute Gasteiger partial charge is 0.457 e. The third kappa shape index (κ3) is 2.18. The minimum atomic E-state index is -0.580. The van der Waals surface area contributed by atoms with E-state index in [1.807, 2.05) is 43.3 Å². The predicted molar refractivity (Wildman–Crippen MR) is 73.3 cm³/mol. The molecule has 0 spiro atoms. The molecule has 0 saturated heterocycles. The Hall–Kier alpha value is -2.33. The van der Waals surface area contributed by atoms with Crippen LogP contribution in [0.1, 0.15) is 17.2 Å². The molecule has 2 aromatic carbocycles. The van der Waals surface area contributed by atoms with Gasteiger partial charge in [0.1, 0.15) is 17.5 Å². The lowest BCUT2D eigenvalue weighted by atomic mass is 10.1. The van der Waals surface area contributed by atoms with Gasteiger partial charge in [0.25, 0.3) is 0 Å². The summed E-state index contributed by atoms with van der Waals surface area (Å²) < 4.78 is 5.74. The number of carbonyl (C=O) groups excluding carboxylic acids is 1. The summed E-state index contributed by atoms with van der Waals surface area (Å²) in [6.07, 6.45) is 0. The van der Waals surface area contributed by atoms with Gasteiger partial charge >= 0.3 is 0 Å². The van der Waals surface area contributed by atoms with Gasteiger partial charge in [-0.2, -0.15) is 0 Å². The van der Waals surface area contributed by atoms with Gasteiger partial charge in [-0.05, 0) is 25.1 Å². The van der Waals surface area contributed by atoms with E-state index in [0.29, 0.717) is 5.75 Å². The van der Waals surface area contributed by atoms with Crippen molar-refractivity contribution < 1.29 is 9.53 Å². The van der Waals surface area contributed by atoms with Crippen molar-refractivity contribution in [1.82, 2.24) is 0 Å². The molecule has 3 rings (SSSR count). The topological polar surface area (TPSA) is 64.3 Å². The van der Waals surface area contributed by atoms with Crippen LogP contribution in [0, 0.1) is 6.92 Å². The van der Waals surface area contributed by atoms with Crippen LogP contribution in [0.3, 0.4) is 0 Å². The molecule has 4 heteroatoms. The first kappa shape index (κ1) is 11.7. The van der Waals surface area contributed by atoms with E-state index in [2.05, 4.69) is 5.32 Å².